The van der Waals surface area contributed by atoms with Crippen molar-refractivity contribution in [1.29, 1.82) is 0 Å². The molecule has 0 saturated carbocycles. The zero-order chi connectivity index (χ0) is 42.7. The number of hydrogen-bond acceptors (Lipinski definition) is 1. The van der Waals surface area contributed by atoms with Gasteiger partial charge in [0.25, 0.3) is 0 Å². The van der Waals surface area contributed by atoms with Crippen molar-refractivity contribution in [2.75, 3.05) is 4.90 Å². The first kappa shape index (κ1) is 40.0. The van der Waals surface area contributed by atoms with Gasteiger partial charge in [-0.1, -0.05) is 214 Å². The topological polar surface area (TPSA) is 3.24 Å². The second-order valence-corrected chi connectivity index (χ2v) is 19.9. The third-order valence-corrected chi connectivity index (χ3v) is 12.5. The first-order valence-electron chi connectivity index (χ1n) is 21.8. The molecular weight excluding hydrogens is 735 g/mol. The number of anilines is 3. The molecule has 1 heteroatoms. The van der Waals surface area contributed by atoms with Gasteiger partial charge in [0.15, 0.2) is 0 Å². The van der Waals surface area contributed by atoms with E-state index in [0.717, 1.165) is 17.1 Å². The Labute approximate surface area is 363 Å². The zero-order valence-corrected chi connectivity index (χ0v) is 37.3. The highest BCUT2D eigenvalue weighted by molar-refractivity contribution is 6.12. The van der Waals surface area contributed by atoms with Crippen LogP contribution in [0, 0.1) is 0 Å². The molecule has 0 heterocycles. The van der Waals surface area contributed by atoms with Gasteiger partial charge in [-0.3, -0.25) is 0 Å². The standard InChI is InChI=1S/C60H57N/c1-58(2,3)44-31-33-47(34-32-44)61(48-22-14-21-42(38-48)50-25-17-27-52-49-23-11-10-18-40(49)30-35-53(50)52)56-29-13-12-24-54(56)55-28-16-20-41-19-15-26-51(57(41)55)43-36-45(59(4,5)6)39-46(37-43)60(7,8)9/h10-39H,1-9H3. The molecule has 0 aromatic heterocycles. The first-order chi connectivity index (χ1) is 29.1. The Morgan fingerprint density at radius 1 is 0.311 bits per heavy atom. The van der Waals surface area contributed by atoms with Gasteiger partial charge in [-0.15, -0.1) is 0 Å². The minimum absolute atomic E-state index is 0.00737. The molecule has 0 aliphatic rings. The van der Waals surface area contributed by atoms with Crippen molar-refractivity contribution in [2.45, 2.75) is 78.6 Å². The Balaban J connectivity index is 1.27. The minimum atomic E-state index is 0.00737. The second kappa shape index (κ2) is 15.2. The highest BCUT2D eigenvalue weighted by Crippen LogP contribution is 2.47. The van der Waals surface area contributed by atoms with Gasteiger partial charge in [-0.05, 0) is 123 Å². The lowest BCUT2D eigenvalue weighted by Gasteiger charge is -2.30. The van der Waals surface area contributed by atoms with Crippen LogP contribution in [0.3, 0.4) is 0 Å². The third kappa shape index (κ3) is 7.64. The summed E-state index contributed by atoms with van der Waals surface area (Å²) in [5, 5.41) is 7.57. The molecule has 0 spiro atoms. The molecule has 0 radical (unpaired) electrons. The van der Waals surface area contributed by atoms with Crippen LogP contribution in [-0.2, 0) is 16.2 Å². The molecule has 0 aliphatic carbocycles. The maximum absolute atomic E-state index is 2.46. The zero-order valence-electron chi connectivity index (χ0n) is 37.3. The molecule has 302 valence electrons. The molecule has 9 rings (SSSR count). The summed E-state index contributed by atoms with van der Waals surface area (Å²) < 4.78 is 0. The average molecular weight is 792 g/mol. The van der Waals surface area contributed by atoms with Crippen LogP contribution in [0.2, 0.25) is 0 Å². The van der Waals surface area contributed by atoms with E-state index in [0.29, 0.717) is 0 Å². The maximum atomic E-state index is 2.46. The molecule has 0 bridgehead atoms. The molecular formula is C60H57N. The van der Waals surface area contributed by atoms with Crippen LogP contribution in [0.4, 0.5) is 17.1 Å². The Bertz CT molecular complexity index is 3030. The molecule has 0 atom stereocenters. The van der Waals surface area contributed by atoms with Crippen LogP contribution in [0.1, 0.15) is 79.0 Å². The van der Waals surface area contributed by atoms with Crippen LogP contribution < -0.4 is 4.90 Å². The van der Waals surface area contributed by atoms with E-state index in [2.05, 4.69) is 249 Å². The van der Waals surface area contributed by atoms with Crippen molar-refractivity contribution in [3.05, 3.63) is 199 Å². The molecule has 9 aromatic rings. The van der Waals surface area contributed by atoms with Crippen LogP contribution in [0.5, 0.6) is 0 Å². The van der Waals surface area contributed by atoms with Crippen LogP contribution in [0.15, 0.2) is 182 Å². The molecule has 0 fully saturated rings. The van der Waals surface area contributed by atoms with Gasteiger partial charge < -0.3 is 4.90 Å². The lowest BCUT2D eigenvalue weighted by atomic mass is 9.78. The van der Waals surface area contributed by atoms with E-state index in [-0.39, 0.29) is 16.2 Å². The molecule has 1 nitrogen and oxygen atoms in total. The van der Waals surface area contributed by atoms with Crippen LogP contribution >= 0.6 is 0 Å². The largest absolute Gasteiger partial charge is 0.310 e. The fourth-order valence-electron chi connectivity index (χ4n) is 8.99. The highest BCUT2D eigenvalue weighted by atomic mass is 15.1. The van der Waals surface area contributed by atoms with Crippen molar-refractivity contribution in [3.63, 3.8) is 0 Å². The Morgan fingerprint density at radius 3 is 1.57 bits per heavy atom. The van der Waals surface area contributed by atoms with Gasteiger partial charge in [0.2, 0.25) is 0 Å². The molecule has 0 amide bonds. The number of nitrogens with zero attached hydrogens (tertiary/aromatic N) is 1. The van der Waals surface area contributed by atoms with Gasteiger partial charge in [0.1, 0.15) is 0 Å². The van der Waals surface area contributed by atoms with Gasteiger partial charge >= 0.3 is 0 Å². The summed E-state index contributed by atoms with van der Waals surface area (Å²) in [4.78, 5) is 2.46. The smallest absolute Gasteiger partial charge is 0.0540 e. The summed E-state index contributed by atoms with van der Waals surface area (Å²) >= 11 is 0. The van der Waals surface area contributed by atoms with E-state index in [1.807, 2.05) is 0 Å². The Hall–Kier alpha value is -6.44. The Morgan fingerprint density at radius 2 is 0.869 bits per heavy atom. The SMILES string of the molecule is CC(C)(C)c1ccc(N(c2cccc(-c3cccc4c3ccc3ccccc34)c2)c2ccccc2-c2cccc3cccc(-c4cc(C(C)(C)C)cc(C(C)(C)C)c4)c23)cc1. The van der Waals surface area contributed by atoms with E-state index in [1.54, 1.807) is 0 Å². The number of rotatable bonds is 6. The summed E-state index contributed by atoms with van der Waals surface area (Å²) in [5.74, 6) is 0. The van der Waals surface area contributed by atoms with Gasteiger partial charge in [0, 0.05) is 16.9 Å². The monoisotopic (exact) mass is 791 g/mol. The van der Waals surface area contributed by atoms with Gasteiger partial charge in [0.05, 0.1) is 5.69 Å². The molecule has 9 aromatic carbocycles. The van der Waals surface area contributed by atoms with Crippen molar-refractivity contribution in [3.8, 4) is 33.4 Å². The lowest BCUT2D eigenvalue weighted by molar-refractivity contribution is 0.569. The number of para-hydroxylation sites is 1. The lowest BCUT2D eigenvalue weighted by Crippen LogP contribution is -2.16. The summed E-state index contributed by atoms with van der Waals surface area (Å²) in [6.45, 7) is 20.8. The normalized spacial score (nSPS) is 12.3. The van der Waals surface area contributed by atoms with Crippen molar-refractivity contribution >= 4 is 49.4 Å². The van der Waals surface area contributed by atoms with E-state index in [9.17, 15) is 0 Å². The highest BCUT2D eigenvalue weighted by Gasteiger charge is 2.24. The maximum Gasteiger partial charge on any atom is 0.0540 e. The fraction of sp³-hybridized carbons (Fsp3) is 0.200. The molecule has 0 N–H and O–H groups in total. The predicted molar refractivity (Wildman–Crippen MR) is 266 cm³/mol. The molecule has 0 saturated heterocycles. The van der Waals surface area contributed by atoms with Crippen molar-refractivity contribution in [1.82, 2.24) is 0 Å². The van der Waals surface area contributed by atoms with Crippen LogP contribution in [-0.4, -0.2) is 0 Å². The Kier molecular flexibility index (Phi) is 9.99. The van der Waals surface area contributed by atoms with Crippen molar-refractivity contribution < 1.29 is 0 Å². The fourth-order valence-corrected chi connectivity index (χ4v) is 8.99. The molecule has 0 unspecified atom stereocenters. The summed E-state index contributed by atoms with van der Waals surface area (Å²) in [5.41, 5.74) is 14.8. The average Bonchev–Trinajstić information content (AvgIpc) is 3.25. The number of hydrogen-bond donors (Lipinski definition) is 0. The van der Waals surface area contributed by atoms with E-state index in [1.165, 1.54) is 82.4 Å². The first-order valence-corrected chi connectivity index (χ1v) is 21.8. The minimum Gasteiger partial charge on any atom is -0.310 e. The molecule has 61 heavy (non-hydrogen) atoms. The predicted octanol–water partition coefficient (Wildman–Crippen LogP) is 17.5. The summed E-state index contributed by atoms with van der Waals surface area (Å²) in [7, 11) is 0. The number of fused-ring (bicyclic) bond motifs is 4. The third-order valence-electron chi connectivity index (χ3n) is 12.5. The molecule has 0 aliphatic heterocycles. The van der Waals surface area contributed by atoms with Crippen LogP contribution in [0.25, 0.3) is 65.7 Å². The van der Waals surface area contributed by atoms with E-state index >= 15 is 0 Å². The summed E-state index contributed by atoms with van der Waals surface area (Å²) in [6, 6.07) is 68.2. The van der Waals surface area contributed by atoms with E-state index < -0.39 is 0 Å². The van der Waals surface area contributed by atoms with Gasteiger partial charge in [-0.25, -0.2) is 0 Å². The number of benzene rings is 9. The quantitative estimate of drug-likeness (QED) is 0.152. The summed E-state index contributed by atoms with van der Waals surface area (Å²) in [6.07, 6.45) is 0. The van der Waals surface area contributed by atoms with Gasteiger partial charge in [-0.2, -0.15) is 0 Å². The van der Waals surface area contributed by atoms with Crippen molar-refractivity contribution in [2.24, 2.45) is 0 Å². The second-order valence-electron chi connectivity index (χ2n) is 19.9. The van der Waals surface area contributed by atoms with E-state index in [4.69, 9.17) is 0 Å².